The van der Waals surface area contributed by atoms with Gasteiger partial charge in [0.25, 0.3) is 0 Å². The van der Waals surface area contributed by atoms with Crippen molar-refractivity contribution in [3.8, 4) is 5.75 Å². The van der Waals surface area contributed by atoms with Crippen LogP contribution in [0.2, 0.25) is 0 Å². The highest BCUT2D eigenvalue weighted by molar-refractivity contribution is 5.86. The summed E-state index contributed by atoms with van der Waals surface area (Å²) in [6, 6.07) is 24.0. The lowest BCUT2D eigenvalue weighted by molar-refractivity contribution is -0.161. The Morgan fingerprint density at radius 1 is 0.964 bits per heavy atom. The number of carbonyl (C=O) groups excluding carboxylic acids is 1. The van der Waals surface area contributed by atoms with Crippen LogP contribution in [0.4, 0.5) is 0 Å². The maximum atomic E-state index is 12.9. The summed E-state index contributed by atoms with van der Waals surface area (Å²) in [5.41, 5.74) is 0.737. The van der Waals surface area contributed by atoms with E-state index in [1.54, 1.807) is 43.3 Å². The quantitative estimate of drug-likeness (QED) is 0.622. The van der Waals surface area contributed by atoms with Crippen LogP contribution in [0.25, 0.3) is 0 Å². The average molecular weight is 376 g/mol. The average Bonchev–Trinajstić information content (AvgIpc) is 2.73. The maximum absolute atomic E-state index is 12.9. The second-order valence-corrected chi connectivity index (χ2v) is 6.57. The van der Waals surface area contributed by atoms with Crippen molar-refractivity contribution in [3.05, 3.63) is 101 Å². The monoisotopic (exact) mass is 376 g/mol. The maximum Gasteiger partial charge on any atom is 0.347 e. The fraction of sp³-hybridized carbons (Fsp3) is 0.208. The number of hydrogen-bond acceptors (Lipinski definition) is 4. The smallest absolute Gasteiger partial charge is 0.347 e. The van der Waals surface area contributed by atoms with Crippen molar-refractivity contribution in [3.63, 3.8) is 0 Å². The number of ether oxygens (including phenoxy) is 2. The number of hydrogen-bond donors (Lipinski definition) is 1. The highest BCUT2D eigenvalue weighted by Crippen LogP contribution is 2.38. The summed E-state index contributed by atoms with van der Waals surface area (Å²) < 4.78 is 11.2. The molecule has 0 spiro atoms. The van der Waals surface area contributed by atoms with E-state index < -0.39 is 11.6 Å². The number of rotatable bonds is 7. The zero-order chi connectivity index (χ0) is 20.0. The molecule has 3 aromatic rings. The Hall–Kier alpha value is -3.11. The number of carbonyl (C=O) groups is 1. The Morgan fingerprint density at radius 3 is 2.25 bits per heavy atom. The van der Waals surface area contributed by atoms with Gasteiger partial charge in [0.05, 0.1) is 6.61 Å². The van der Waals surface area contributed by atoms with Crippen LogP contribution in [-0.4, -0.2) is 17.7 Å². The summed E-state index contributed by atoms with van der Waals surface area (Å²) in [6.45, 7) is 4.11. The van der Waals surface area contributed by atoms with Crippen molar-refractivity contribution in [2.24, 2.45) is 0 Å². The van der Waals surface area contributed by atoms with E-state index in [1.807, 2.05) is 49.4 Å². The lowest BCUT2D eigenvalue weighted by Gasteiger charge is -2.29. The molecule has 0 aliphatic carbocycles. The predicted octanol–water partition coefficient (Wildman–Crippen LogP) is 4.37. The molecule has 3 aromatic carbocycles. The lowest BCUT2D eigenvalue weighted by atomic mass is 9.85. The van der Waals surface area contributed by atoms with E-state index in [0.29, 0.717) is 23.5 Å². The van der Waals surface area contributed by atoms with E-state index in [0.717, 1.165) is 11.1 Å². The van der Waals surface area contributed by atoms with E-state index >= 15 is 0 Å². The summed E-state index contributed by atoms with van der Waals surface area (Å²) in [6.07, 6.45) is 0. The normalized spacial score (nSPS) is 12.8. The molecule has 0 aliphatic heterocycles. The van der Waals surface area contributed by atoms with Crippen molar-refractivity contribution in [2.45, 2.75) is 26.1 Å². The summed E-state index contributed by atoms with van der Waals surface area (Å²) in [4.78, 5) is 12.9. The van der Waals surface area contributed by atoms with Gasteiger partial charge in [-0.05, 0) is 37.1 Å². The highest BCUT2D eigenvalue weighted by Gasteiger charge is 2.44. The molecule has 4 nitrogen and oxygen atoms in total. The van der Waals surface area contributed by atoms with E-state index in [4.69, 9.17) is 9.47 Å². The third-order valence-corrected chi connectivity index (χ3v) is 4.52. The van der Waals surface area contributed by atoms with Crippen LogP contribution in [-0.2, 0) is 21.7 Å². The molecule has 4 heteroatoms. The summed E-state index contributed by atoms with van der Waals surface area (Å²) in [5, 5.41) is 11.6. The molecule has 0 aliphatic rings. The Morgan fingerprint density at radius 2 is 1.61 bits per heavy atom. The van der Waals surface area contributed by atoms with E-state index in [1.165, 1.54) is 0 Å². The summed E-state index contributed by atoms with van der Waals surface area (Å²) >= 11 is 0. The highest BCUT2D eigenvalue weighted by atomic mass is 16.5. The zero-order valence-corrected chi connectivity index (χ0v) is 16.1. The molecule has 144 valence electrons. The van der Waals surface area contributed by atoms with Gasteiger partial charge in [-0.1, -0.05) is 72.3 Å². The first-order valence-corrected chi connectivity index (χ1v) is 9.28. The standard InChI is InChI=1S/C24H24O4/c1-3-27-23(25)24(26,20-12-8-5-9-13-20)21-16-18(2)14-15-22(21)28-17-19-10-6-4-7-11-19/h4-16,26H,3,17H2,1-2H3. The molecule has 0 saturated carbocycles. The second-order valence-electron chi connectivity index (χ2n) is 6.57. The Bertz CT molecular complexity index is 922. The van der Waals surface area contributed by atoms with Gasteiger partial charge in [0.2, 0.25) is 5.60 Å². The largest absolute Gasteiger partial charge is 0.488 e. The van der Waals surface area contributed by atoms with Crippen LogP contribution in [0.5, 0.6) is 5.75 Å². The molecule has 0 amide bonds. The van der Waals surface area contributed by atoms with Crippen molar-refractivity contribution >= 4 is 5.97 Å². The Kier molecular flexibility index (Phi) is 6.12. The van der Waals surface area contributed by atoms with Gasteiger partial charge in [-0.15, -0.1) is 0 Å². The Balaban J connectivity index is 2.06. The van der Waals surface area contributed by atoms with Gasteiger partial charge in [0.15, 0.2) is 0 Å². The molecule has 1 atom stereocenters. The summed E-state index contributed by atoms with van der Waals surface area (Å²) in [5.74, 6) is -0.287. The van der Waals surface area contributed by atoms with Gasteiger partial charge in [-0.2, -0.15) is 0 Å². The number of aliphatic hydroxyl groups is 1. The molecule has 1 unspecified atom stereocenters. The number of esters is 1. The SMILES string of the molecule is CCOC(=O)C(O)(c1ccccc1)c1cc(C)ccc1OCc1ccccc1. The second kappa shape index (κ2) is 8.72. The Labute approximate surface area is 165 Å². The summed E-state index contributed by atoms with van der Waals surface area (Å²) in [7, 11) is 0. The van der Waals surface area contributed by atoms with Crippen LogP contribution in [0.15, 0.2) is 78.9 Å². The van der Waals surface area contributed by atoms with Crippen LogP contribution in [0.1, 0.15) is 29.2 Å². The fourth-order valence-corrected chi connectivity index (χ4v) is 3.09. The minimum absolute atomic E-state index is 0.167. The third-order valence-electron chi connectivity index (χ3n) is 4.52. The van der Waals surface area contributed by atoms with Crippen LogP contribution >= 0.6 is 0 Å². The van der Waals surface area contributed by atoms with Crippen LogP contribution < -0.4 is 4.74 Å². The minimum Gasteiger partial charge on any atom is -0.488 e. The van der Waals surface area contributed by atoms with E-state index in [2.05, 4.69) is 0 Å². The van der Waals surface area contributed by atoms with Gasteiger partial charge < -0.3 is 14.6 Å². The van der Waals surface area contributed by atoms with Crippen molar-refractivity contribution in [2.75, 3.05) is 6.61 Å². The van der Waals surface area contributed by atoms with Crippen molar-refractivity contribution in [1.29, 1.82) is 0 Å². The van der Waals surface area contributed by atoms with Gasteiger partial charge in [0.1, 0.15) is 12.4 Å². The first-order chi connectivity index (χ1) is 13.6. The predicted molar refractivity (Wildman–Crippen MR) is 108 cm³/mol. The first kappa shape index (κ1) is 19.6. The molecule has 1 N–H and O–H groups in total. The fourth-order valence-electron chi connectivity index (χ4n) is 3.09. The van der Waals surface area contributed by atoms with E-state index in [-0.39, 0.29) is 6.61 Å². The molecule has 0 radical (unpaired) electrons. The minimum atomic E-state index is -1.96. The molecular weight excluding hydrogens is 352 g/mol. The topological polar surface area (TPSA) is 55.8 Å². The third kappa shape index (κ3) is 4.07. The molecule has 0 aromatic heterocycles. The zero-order valence-electron chi connectivity index (χ0n) is 16.1. The van der Waals surface area contributed by atoms with Gasteiger partial charge in [-0.25, -0.2) is 4.79 Å². The van der Waals surface area contributed by atoms with Gasteiger partial charge in [0, 0.05) is 5.56 Å². The number of aryl methyl sites for hydroxylation is 1. The lowest BCUT2D eigenvalue weighted by Crippen LogP contribution is -2.39. The van der Waals surface area contributed by atoms with Crippen LogP contribution in [0.3, 0.4) is 0 Å². The molecule has 0 saturated heterocycles. The molecule has 0 bridgehead atoms. The molecule has 0 fully saturated rings. The van der Waals surface area contributed by atoms with Crippen molar-refractivity contribution < 1.29 is 19.4 Å². The van der Waals surface area contributed by atoms with Crippen molar-refractivity contribution in [1.82, 2.24) is 0 Å². The first-order valence-electron chi connectivity index (χ1n) is 9.28. The van der Waals surface area contributed by atoms with E-state index in [9.17, 15) is 9.90 Å². The number of benzene rings is 3. The molecular formula is C24H24O4. The molecule has 0 heterocycles. The van der Waals surface area contributed by atoms with Crippen LogP contribution in [0, 0.1) is 6.92 Å². The van der Waals surface area contributed by atoms with Gasteiger partial charge >= 0.3 is 5.97 Å². The molecule has 3 rings (SSSR count). The van der Waals surface area contributed by atoms with Gasteiger partial charge in [-0.3, -0.25) is 0 Å². The molecule has 28 heavy (non-hydrogen) atoms.